The molecule has 30 heavy (non-hydrogen) atoms. The van der Waals surface area contributed by atoms with Crippen molar-refractivity contribution >= 4 is 38.8 Å². The van der Waals surface area contributed by atoms with E-state index < -0.39 is 22.4 Å². The number of carboxylic acid groups (broad SMARTS) is 1. The van der Waals surface area contributed by atoms with Gasteiger partial charge < -0.3 is 20.5 Å². The second-order valence-corrected chi connectivity index (χ2v) is 8.46. The van der Waals surface area contributed by atoms with E-state index in [4.69, 9.17) is 9.84 Å². The maximum absolute atomic E-state index is 12.1. The summed E-state index contributed by atoms with van der Waals surface area (Å²) < 4.78 is 29.3. The molecular formula is C20H20N4O5S. The van der Waals surface area contributed by atoms with Gasteiger partial charge in [0.1, 0.15) is 23.7 Å². The Morgan fingerprint density at radius 1 is 1.00 bits per heavy atom. The first-order chi connectivity index (χ1) is 14.4. The molecule has 10 heteroatoms. The Balaban J connectivity index is 1.74. The van der Waals surface area contributed by atoms with Gasteiger partial charge in [0, 0.05) is 23.5 Å². The van der Waals surface area contributed by atoms with Gasteiger partial charge in [-0.05, 0) is 30.3 Å². The number of nitrogens with one attached hydrogen (secondary N) is 2. The average molecular weight is 428 g/mol. The van der Waals surface area contributed by atoms with E-state index in [0.717, 1.165) is 0 Å². The molecule has 0 spiro atoms. The highest BCUT2D eigenvalue weighted by Gasteiger charge is 2.12. The molecule has 0 amide bonds. The van der Waals surface area contributed by atoms with Crippen molar-refractivity contribution in [3.63, 3.8) is 0 Å². The minimum absolute atomic E-state index is 0.0211. The number of nitrogens with zero attached hydrogens (tertiary/aromatic N) is 2. The van der Waals surface area contributed by atoms with Crippen LogP contribution in [0.1, 0.15) is 6.92 Å². The number of hydrogen-bond donors (Lipinski definition) is 3. The molecule has 1 aromatic heterocycles. The Kier molecular flexibility index (Phi) is 6.48. The van der Waals surface area contributed by atoms with Gasteiger partial charge in [0.25, 0.3) is 0 Å². The molecule has 3 N–H and O–H groups in total. The standard InChI is InChI=1S/C20H20N4O5S/c1-2-30(27,28)17-8-4-6-15(10-17)24-19-11-18(21-13-22-19)23-14-5-3-7-16(9-14)29-12-20(25)26/h3-11,13H,2,12H2,1H3,(H,25,26)(H2,21,22,23,24). The van der Waals surface area contributed by atoms with E-state index in [1.165, 1.54) is 6.33 Å². The van der Waals surface area contributed by atoms with Gasteiger partial charge in [0.05, 0.1) is 10.6 Å². The molecule has 0 fully saturated rings. The Labute approximate surface area is 173 Å². The van der Waals surface area contributed by atoms with E-state index in [9.17, 15) is 13.2 Å². The van der Waals surface area contributed by atoms with Crippen LogP contribution in [0.4, 0.5) is 23.0 Å². The first-order valence-corrected chi connectivity index (χ1v) is 10.6. The summed E-state index contributed by atoms with van der Waals surface area (Å²) in [5.41, 5.74) is 1.23. The van der Waals surface area contributed by atoms with Crippen molar-refractivity contribution < 1.29 is 23.1 Å². The minimum atomic E-state index is -3.31. The lowest BCUT2D eigenvalue weighted by Crippen LogP contribution is -2.09. The van der Waals surface area contributed by atoms with Crippen LogP contribution in [-0.4, -0.2) is 41.8 Å². The van der Waals surface area contributed by atoms with Crippen LogP contribution in [0.5, 0.6) is 5.75 Å². The monoisotopic (exact) mass is 428 g/mol. The smallest absolute Gasteiger partial charge is 0.341 e. The number of ether oxygens (including phenoxy) is 1. The third-order valence-electron chi connectivity index (χ3n) is 3.98. The zero-order chi connectivity index (χ0) is 21.6. The molecule has 1 heterocycles. The van der Waals surface area contributed by atoms with Crippen molar-refractivity contribution in [1.82, 2.24) is 9.97 Å². The fourth-order valence-electron chi connectivity index (χ4n) is 2.53. The van der Waals surface area contributed by atoms with E-state index in [2.05, 4.69) is 20.6 Å². The van der Waals surface area contributed by atoms with E-state index in [-0.39, 0.29) is 10.6 Å². The molecule has 0 bridgehead atoms. The summed E-state index contributed by atoms with van der Waals surface area (Å²) in [5, 5.41) is 14.9. The van der Waals surface area contributed by atoms with E-state index in [0.29, 0.717) is 28.8 Å². The maximum Gasteiger partial charge on any atom is 0.341 e. The van der Waals surface area contributed by atoms with E-state index in [1.807, 2.05) is 0 Å². The number of sulfone groups is 1. The first-order valence-electron chi connectivity index (χ1n) is 8.99. The van der Waals surface area contributed by atoms with Crippen LogP contribution < -0.4 is 15.4 Å². The summed E-state index contributed by atoms with van der Waals surface area (Å²) in [5.74, 6) is 0.323. The first kappa shape index (κ1) is 21.1. The number of benzene rings is 2. The Hall–Kier alpha value is -3.66. The number of aromatic nitrogens is 2. The molecule has 0 unspecified atom stereocenters. The van der Waals surface area contributed by atoms with Gasteiger partial charge in [0.2, 0.25) is 0 Å². The van der Waals surface area contributed by atoms with Gasteiger partial charge in [0.15, 0.2) is 16.4 Å². The van der Waals surface area contributed by atoms with Crippen LogP contribution in [0, 0.1) is 0 Å². The highest BCUT2D eigenvalue weighted by Crippen LogP contribution is 2.23. The minimum Gasteiger partial charge on any atom is -0.482 e. The van der Waals surface area contributed by atoms with Gasteiger partial charge >= 0.3 is 5.97 Å². The predicted octanol–water partition coefficient (Wildman–Crippen LogP) is 3.22. The molecule has 0 aliphatic rings. The lowest BCUT2D eigenvalue weighted by Gasteiger charge is -2.11. The van der Waals surface area contributed by atoms with Gasteiger partial charge in [-0.1, -0.05) is 19.1 Å². The average Bonchev–Trinajstić information content (AvgIpc) is 2.73. The SMILES string of the molecule is CCS(=O)(=O)c1cccc(Nc2cc(Nc3cccc(OCC(=O)O)c3)ncn2)c1. The van der Waals surface area contributed by atoms with Crippen molar-refractivity contribution in [1.29, 1.82) is 0 Å². The van der Waals surface area contributed by atoms with Crippen molar-refractivity contribution in [2.45, 2.75) is 11.8 Å². The van der Waals surface area contributed by atoms with Crippen molar-refractivity contribution in [3.05, 3.63) is 60.9 Å². The number of aliphatic carboxylic acids is 1. The van der Waals surface area contributed by atoms with Gasteiger partial charge in [-0.25, -0.2) is 23.2 Å². The number of carbonyl (C=O) groups is 1. The zero-order valence-corrected chi connectivity index (χ0v) is 16.9. The number of anilines is 4. The van der Waals surface area contributed by atoms with Crippen LogP contribution in [0.3, 0.4) is 0 Å². The number of carboxylic acids is 1. The second-order valence-electron chi connectivity index (χ2n) is 6.18. The van der Waals surface area contributed by atoms with E-state index in [1.54, 1.807) is 61.5 Å². The maximum atomic E-state index is 12.1. The summed E-state index contributed by atoms with van der Waals surface area (Å²) in [6, 6.07) is 15.0. The van der Waals surface area contributed by atoms with Crippen LogP contribution in [0.25, 0.3) is 0 Å². The molecular weight excluding hydrogens is 408 g/mol. The second kappa shape index (κ2) is 9.23. The van der Waals surface area contributed by atoms with Crippen LogP contribution in [0.15, 0.2) is 65.8 Å². The third-order valence-corrected chi connectivity index (χ3v) is 5.71. The number of hydrogen-bond acceptors (Lipinski definition) is 8. The summed E-state index contributed by atoms with van der Waals surface area (Å²) in [6.45, 7) is 1.16. The quantitative estimate of drug-likeness (QED) is 0.470. The van der Waals surface area contributed by atoms with Gasteiger partial charge in [-0.3, -0.25) is 0 Å². The molecule has 156 valence electrons. The third kappa shape index (κ3) is 5.67. The molecule has 9 nitrogen and oxygen atoms in total. The summed E-state index contributed by atoms with van der Waals surface area (Å²) >= 11 is 0. The Bertz CT molecular complexity index is 1150. The predicted molar refractivity (Wildman–Crippen MR) is 112 cm³/mol. The zero-order valence-electron chi connectivity index (χ0n) is 16.1. The number of rotatable bonds is 9. The molecule has 3 rings (SSSR count). The lowest BCUT2D eigenvalue weighted by molar-refractivity contribution is -0.139. The van der Waals surface area contributed by atoms with E-state index >= 15 is 0 Å². The largest absolute Gasteiger partial charge is 0.482 e. The molecule has 0 saturated heterocycles. The molecule has 0 saturated carbocycles. The molecule has 0 aliphatic heterocycles. The normalized spacial score (nSPS) is 11.0. The lowest BCUT2D eigenvalue weighted by atomic mass is 10.3. The summed E-state index contributed by atoms with van der Waals surface area (Å²) in [6.07, 6.45) is 1.36. The Morgan fingerprint density at radius 3 is 2.27 bits per heavy atom. The van der Waals surface area contributed by atoms with Crippen LogP contribution >= 0.6 is 0 Å². The van der Waals surface area contributed by atoms with Crippen molar-refractivity contribution in [3.8, 4) is 5.75 Å². The molecule has 0 radical (unpaired) electrons. The fraction of sp³-hybridized carbons (Fsp3) is 0.150. The molecule has 0 atom stereocenters. The topological polar surface area (TPSA) is 131 Å². The molecule has 0 aliphatic carbocycles. The molecule has 3 aromatic rings. The van der Waals surface area contributed by atoms with Crippen LogP contribution in [0.2, 0.25) is 0 Å². The fourth-order valence-corrected chi connectivity index (χ4v) is 3.46. The summed E-state index contributed by atoms with van der Waals surface area (Å²) in [4.78, 5) is 19.2. The van der Waals surface area contributed by atoms with Gasteiger partial charge in [-0.15, -0.1) is 0 Å². The highest BCUT2D eigenvalue weighted by molar-refractivity contribution is 7.91. The molecule has 2 aromatic carbocycles. The van der Waals surface area contributed by atoms with Crippen LogP contribution in [-0.2, 0) is 14.6 Å². The van der Waals surface area contributed by atoms with Crippen molar-refractivity contribution in [2.75, 3.05) is 23.0 Å². The highest BCUT2D eigenvalue weighted by atomic mass is 32.2. The Morgan fingerprint density at radius 2 is 1.63 bits per heavy atom. The van der Waals surface area contributed by atoms with Crippen molar-refractivity contribution in [2.24, 2.45) is 0 Å². The summed E-state index contributed by atoms with van der Waals surface area (Å²) in [7, 11) is -3.31. The van der Waals surface area contributed by atoms with Gasteiger partial charge in [-0.2, -0.15) is 0 Å².